The topological polar surface area (TPSA) is 134 Å². The normalized spacial score (nSPS) is 13.6. The summed E-state index contributed by atoms with van der Waals surface area (Å²) in [5, 5.41) is 0. The summed E-state index contributed by atoms with van der Waals surface area (Å²) < 4.78 is 7.05. The summed E-state index contributed by atoms with van der Waals surface area (Å²) in [6.45, 7) is 3.89. The Morgan fingerprint density at radius 1 is 1.12 bits per heavy atom. The first-order valence-electron chi connectivity index (χ1n) is 10.3. The number of hydrogen-bond acceptors (Lipinski definition) is 7. The summed E-state index contributed by atoms with van der Waals surface area (Å²) >= 11 is 0. The van der Waals surface area contributed by atoms with Crippen LogP contribution in [0.25, 0.3) is 0 Å². The van der Waals surface area contributed by atoms with Crippen molar-refractivity contribution >= 4 is 29.2 Å². The van der Waals surface area contributed by atoms with Crippen LogP contribution in [0.15, 0.2) is 33.9 Å². The summed E-state index contributed by atoms with van der Waals surface area (Å²) in [6.07, 6.45) is 1.29. The van der Waals surface area contributed by atoms with E-state index in [9.17, 15) is 24.0 Å². The number of nitrogens with two attached hydrogens (primary N) is 1. The Morgan fingerprint density at radius 2 is 1.78 bits per heavy atom. The second kappa shape index (κ2) is 9.21. The number of ether oxygens (including phenoxy) is 1. The van der Waals surface area contributed by atoms with Crippen LogP contribution in [0.2, 0.25) is 0 Å². The van der Waals surface area contributed by atoms with E-state index in [0.29, 0.717) is 18.7 Å². The molecule has 10 nitrogen and oxygen atoms in total. The lowest BCUT2D eigenvalue weighted by Gasteiger charge is -2.16. The van der Waals surface area contributed by atoms with Gasteiger partial charge in [0.05, 0.1) is 5.56 Å². The molecule has 1 aliphatic heterocycles. The fourth-order valence-corrected chi connectivity index (χ4v) is 3.57. The lowest BCUT2D eigenvalue weighted by molar-refractivity contribution is -0.117. The van der Waals surface area contributed by atoms with Crippen molar-refractivity contribution in [1.82, 2.24) is 9.13 Å². The Morgan fingerprint density at radius 3 is 2.34 bits per heavy atom. The number of nitrogens with zero attached hydrogens (tertiary/aromatic N) is 3. The van der Waals surface area contributed by atoms with E-state index in [1.54, 1.807) is 17.0 Å². The third kappa shape index (κ3) is 4.48. The minimum absolute atomic E-state index is 0.0314. The quantitative estimate of drug-likeness (QED) is 0.498. The van der Waals surface area contributed by atoms with Crippen LogP contribution >= 0.6 is 0 Å². The number of nitrogen functional groups attached to an aromatic ring is 1. The summed E-state index contributed by atoms with van der Waals surface area (Å²) in [5.41, 5.74) is 5.00. The average molecular weight is 442 g/mol. The lowest BCUT2D eigenvalue weighted by Crippen LogP contribution is -2.43. The Labute approximate surface area is 184 Å². The zero-order valence-electron chi connectivity index (χ0n) is 18.3. The van der Waals surface area contributed by atoms with Crippen LogP contribution in [0.5, 0.6) is 0 Å². The van der Waals surface area contributed by atoms with Gasteiger partial charge in [-0.2, -0.15) is 0 Å². The minimum atomic E-state index is -0.840. The van der Waals surface area contributed by atoms with Crippen LogP contribution in [-0.4, -0.2) is 39.9 Å². The van der Waals surface area contributed by atoms with Gasteiger partial charge in [0, 0.05) is 32.2 Å². The van der Waals surface area contributed by atoms with Gasteiger partial charge in [-0.05, 0) is 36.6 Å². The van der Waals surface area contributed by atoms with Crippen molar-refractivity contribution in [2.45, 2.75) is 33.2 Å². The number of anilines is 2. The molecule has 2 heterocycles. The maximum atomic E-state index is 12.7. The molecule has 0 bridgehead atoms. The highest BCUT2D eigenvalue weighted by Gasteiger charge is 2.24. The van der Waals surface area contributed by atoms with Crippen molar-refractivity contribution in [2.75, 3.05) is 23.8 Å². The van der Waals surface area contributed by atoms with Crippen molar-refractivity contribution in [2.24, 2.45) is 13.0 Å². The SMILES string of the molecule is CC(C)Cn1c(N)c(C(=O)COC(=O)c2ccc(N3CCCC3=O)cc2)c(=O)n(C)c1=O. The monoisotopic (exact) mass is 442 g/mol. The summed E-state index contributed by atoms with van der Waals surface area (Å²) in [5.74, 6) is -1.72. The highest BCUT2D eigenvalue weighted by atomic mass is 16.5. The Balaban J connectivity index is 1.75. The molecule has 0 saturated carbocycles. The largest absolute Gasteiger partial charge is 0.454 e. The van der Waals surface area contributed by atoms with E-state index in [0.717, 1.165) is 11.0 Å². The molecule has 1 aromatic heterocycles. The smallest absolute Gasteiger partial charge is 0.338 e. The van der Waals surface area contributed by atoms with E-state index < -0.39 is 29.6 Å². The fraction of sp³-hybridized carbons (Fsp3) is 0.409. The van der Waals surface area contributed by atoms with Gasteiger partial charge in [0.25, 0.3) is 5.56 Å². The molecule has 0 radical (unpaired) electrons. The van der Waals surface area contributed by atoms with Gasteiger partial charge in [-0.3, -0.25) is 23.5 Å². The van der Waals surface area contributed by atoms with E-state index in [2.05, 4.69) is 0 Å². The third-order valence-electron chi connectivity index (χ3n) is 5.23. The van der Waals surface area contributed by atoms with E-state index in [1.165, 1.54) is 23.7 Å². The lowest BCUT2D eigenvalue weighted by atomic mass is 10.1. The molecule has 2 N–H and O–H groups in total. The summed E-state index contributed by atoms with van der Waals surface area (Å²) in [4.78, 5) is 63.3. The summed E-state index contributed by atoms with van der Waals surface area (Å²) in [7, 11) is 1.26. The van der Waals surface area contributed by atoms with Crippen LogP contribution in [0.4, 0.5) is 11.5 Å². The first-order chi connectivity index (χ1) is 15.1. The second-order valence-electron chi connectivity index (χ2n) is 8.11. The Kier molecular flexibility index (Phi) is 6.61. The number of hydrogen-bond donors (Lipinski definition) is 1. The highest BCUT2D eigenvalue weighted by molar-refractivity contribution is 6.02. The molecule has 1 fully saturated rings. The molecule has 0 atom stereocenters. The number of rotatable bonds is 7. The van der Waals surface area contributed by atoms with Crippen LogP contribution in [0.1, 0.15) is 47.4 Å². The number of esters is 1. The zero-order valence-corrected chi connectivity index (χ0v) is 18.3. The zero-order chi connectivity index (χ0) is 23.6. The first kappa shape index (κ1) is 23.0. The van der Waals surface area contributed by atoms with Gasteiger partial charge in [-0.1, -0.05) is 13.8 Å². The molecule has 0 spiro atoms. The fourth-order valence-electron chi connectivity index (χ4n) is 3.57. The van der Waals surface area contributed by atoms with Gasteiger partial charge in [0.2, 0.25) is 11.7 Å². The third-order valence-corrected chi connectivity index (χ3v) is 5.23. The maximum absolute atomic E-state index is 12.7. The standard InChI is InChI=1S/C22H26N4O6/c1-13(2)11-26-19(23)18(20(29)24(3)22(26)31)16(27)12-32-21(30)14-6-8-15(9-7-14)25-10-4-5-17(25)28/h6-9,13H,4-5,10-12,23H2,1-3H3. The van der Waals surface area contributed by atoms with E-state index in [4.69, 9.17) is 10.5 Å². The molecule has 0 aliphatic carbocycles. The molecule has 0 unspecified atom stereocenters. The minimum Gasteiger partial charge on any atom is -0.454 e. The molecule has 2 aromatic rings. The molecular weight excluding hydrogens is 416 g/mol. The number of benzene rings is 1. The van der Waals surface area contributed by atoms with Gasteiger partial charge in [-0.15, -0.1) is 0 Å². The van der Waals surface area contributed by atoms with Gasteiger partial charge < -0.3 is 15.4 Å². The van der Waals surface area contributed by atoms with Crippen molar-refractivity contribution in [3.8, 4) is 0 Å². The van der Waals surface area contributed by atoms with Crippen LogP contribution in [0, 0.1) is 5.92 Å². The Hall–Kier alpha value is -3.69. The van der Waals surface area contributed by atoms with Gasteiger partial charge in [0.1, 0.15) is 11.4 Å². The number of carbonyl (C=O) groups excluding carboxylic acids is 3. The molecule has 10 heteroatoms. The highest BCUT2D eigenvalue weighted by Crippen LogP contribution is 2.21. The molecule has 3 rings (SSSR count). The molecule has 1 aromatic carbocycles. The van der Waals surface area contributed by atoms with Crippen molar-refractivity contribution in [3.63, 3.8) is 0 Å². The predicted molar refractivity (Wildman–Crippen MR) is 118 cm³/mol. The average Bonchev–Trinajstić information content (AvgIpc) is 3.19. The molecule has 1 saturated heterocycles. The van der Waals surface area contributed by atoms with Gasteiger partial charge >= 0.3 is 11.7 Å². The number of Topliss-reactive ketones (excluding diaryl/α,β-unsaturated/α-hetero) is 1. The number of ketones is 1. The van der Waals surface area contributed by atoms with Crippen LogP contribution in [0.3, 0.4) is 0 Å². The maximum Gasteiger partial charge on any atom is 0.338 e. The number of aromatic nitrogens is 2. The van der Waals surface area contributed by atoms with Crippen LogP contribution in [-0.2, 0) is 23.1 Å². The van der Waals surface area contributed by atoms with E-state index >= 15 is 0 Å². The van der Waals surface area contributed by atoms with Crippen molar-refractivity contribution in [3.05, 3.63) is 56.2 Å². The number of carbonyl (C=O) groups is 3. The Bertz CT molecular complexity index is 1180. The van der Waals surface area contributed by atoms with Gasteiger partial charge in [0.15, 0.2) is 6.61 Å². The summed E-state index contributed by atoms with van der Waals surface area (Å²) in [6, 6.07) is 6.28. The second-order valence-corrected chi connectivity index (χ2v) is 8.11. The molecule has 32 heavy (non-hydrogen) atoms. The van der Waals surface area contributed by atoms with E-state index in [1.807, 2.05) is 13.8 Å². The van der Waals surface area contributed by atoms with E-state index in [-0.39, 0.29) is 35.3 Å². The first-order valence-corrected chi connectivity index (χ1v) is 10.3. The molecule has 1 aliphatic rings. The molecule has 170 valence electrons. The molecular formula is C22H26N4O6. The number of amides is 1. The van der Waals surface area contributed by atoms with Crippen LogP contribution < -0.4 is 21.9 Å². The van der Waals surface area contributed by atoms with Crippen molar-refractivity contribution in [1.29, 1.82) is 0 Å². The predicted octanol–water partition coefficient (Wildman–Crippen LogP) is 0.952. The van der Waals surface area contributed by atoms with Crippen molar-refractivity contribution < 1.29 is 19.1 Å². The molecule has 1 amide bonds. The van der Waals surface area contributed by atoms with Gasteiger partial charge in [-0.25, -0.2) is 9.59 Å².